The maximum atomic E-state index is 13.8. The summed E-state index contributed by atoms with van der Waals surface area (Å²) in [6.07, 6.45) is 16.3. The van der Waals surface area contributed by atoms with E-state index in [9.17, 15) is 24.9 Å². The minimum Gasteiger partial charge on any atom is -0.445 e. The van der Waals surface area contributed by atoms with E-state index in [2.05, 4.69) is 19.2 Å². The Morgan fingerprint density at radius 3 is 1.79 bits per heavy atom. The van der Waals surface area contributed by atoms with Crippen molar-refractivity contribution in [3.63, 3.8) is 0 Å². The number of carbonyl (C=O) groups excluding carboxylic acids is 2. The van der Waals surface area contributed by atoms with E-state index in [0.717, 1.165) is 50.5 Å². The van der Waals surface area contributed by atoms with Crippen LogP contribution < -0.4 is 5.32 Å². The summed E-state index contributed by atoms with van der Waals surface area (Å²) in [7, 11) is 0. The number of rotatable bonds is 26. The maximum absolute atomic E-state index is 13.8. The number of aliphatic hydroxyl groups excluding tert-OH is 3. The number of unbranched alkanes of at least 4 members (excludes halogenated alkanes) is 17. The van der Waals surface area contributed by atoms with Crippen LogP contribution >= 0.6 is 0 Å². The van der Waals surface area contributed by atoms with Gasteiger partial charge in [-0.1, -0.05) is 153 Å². The number of hydrogen-bond acceptors (Lipinski definition) is 7. The molecule has 47 heavy (non-hydrogen) atoms. The molecule has 9 nitrogen and oxygen atoms in total. The first-order valence-electron chi connectivity index (χ1n) is 18.8. The molecule has 1 aromatic carbocycles. The lowest BCUT2D eigenvalue weighted by Crippen LogP contribution is -2.68. The lowest BCUT2D eigenvalue weighted by atomic mass is 9.95. The second-order valence-electron chi connectivity index (χ2n) is 13.3. The Bertz CT molecular complexity index is 934. The Hall–Kier alpha value is -2.20. The maximum Gasteiger partial charge on any atom is 0.407 e. The van der Waals surface area contributed by atoms with Crippen molar-refractivity contribution in [2.24, 2.45) is 0 Å². The Morgan fingerprint density at radius 1 is 0.745 bits per heavy atom. The van der Waals surface area contributed by atoms with Crippen molar-refractivity contribution in [1.82, 2.24) is 10.2 Å². The summed E-state index contributed by atoms with van der Waals surface area (Å²) >= 11 is 0. The van der Waals surface area contributed by atoms with Gasteiger partial charge in [-0.3, -0.25) is 4.79 Å². The molecule has 0 unspecified atom stereocenters. The standard InChI is InChI=1S/C38H66N2O7/c1-3-5-7-9-11-13-15-17-19-24-28-40(33(42)27-23-18-16-14-12-10-8-6-4-2)37-34(36(44)35(43)32(29-41)47-37)39-38(45)46-30-31-25-21-20-22-26-31/h20-22,25-26,32,34-37,41,43-44H,3-19,23-24,27-30H2,1-2H3,(H,39,45)/t32-,34-,35-,36-,37-/m1/s1. The molecule has 1 saturated heterocycles. The van der Waals surface area contributed by atoms with E-state index >= 15 is 0 Å². The monoisotopic (exact) mass is 662 g/mol. The molecule has 2 amide bonds. The molecule has 0 bridgehead atoms. The molecule has 0 spiro atoms. The third-order valence-electron chi connectivity index (χ3n) is 9.27. The fourth-order valence-electron chi connectivity index (χ4n) is 6.32. The van der Waals surface area contributed by atoms with E-state index in [1.807, 2.05) is 30.3 Å². The first-order valence-corrected chi connectivity index (χ1v) is 18.8. The van der Waals surface area contributed by atoms with Crippen molar-refractivity contribution in [3.05, 3.63) is 35.9 Å². The summed E-state index contributed by atoms with van der Waals surface area (Å²) < 4.78 is 11.5. The van der Waals surface area contributed by atoms with E-state index in [-0.39, 0.29) is 12.5 Å². The summed E-state index contributed by atoms with van der Waals surface area (Å²) in [5.74, 6) is -0.112. The number of benzene rings is 1. The van der Waals surface area contributed by atoms with Crippen LogP contribution in [0.5, 0.6) is 0 Å². The lowest BCUT2D eigenvalue weighted by molar-refractivity contribution is -0.230. The van der Waals surface area contributed by atoms with Gasteiger partial charge in [-0.25, -0.2) is 4.79 Å². The average molecular weight is 663 g/mol. The first-order chi connectivity index (χ1) is 22.9. The van der Waals surface area contributed by atoms with Crippen LogP contribution in [0, 0.1) is 0 Å². The largest absolute Gasteiger partial charge is 0.445 e. The van der Waals surface area contributed by atoms with Crippen LogP contribution in [-0.4, -0.2) is 76.0 Å². The zero-order valence-corrected chi connectivity index (χ0v) is 29.5. The van der Waals surface area contributed by atoms with Gasteiger partial charge in [0.25, 0.3) is 0 Å². The highest BCUT2D eigenvalue weighted by molar-refractivity contribution is 5.76. The molecule has 270 valence electrons. The van der Waals surface area contributed by atoms with Crippen LogP contribution in [-0.2, 0) is 20.9 Å². The van der Waals surface area contributed by atoms with Crippen molar-refractivity contribution in [2.75, 3.05) is 13.2 Å². The molecule has 0 aliphatic carbocycles. The number of aliphatic hydroxyl groups is 3. The summed E-state index contributed by atoms with van der Waals surface area (Å²) in [6.45, 7) is 4.35. The molecule has 1 fully saturated rings. The van der Waals surface area contributed by atoms with Gasteiger partial charge in [-0.05, 0) is 18.4 Å². The molecule has 5 atom stereocenters. The molecule has 1 heterocycles. The number of alkyl carbamates (subject to hydrolysis) is 1. The SMILES string of the molecule is CCCCCCCCCCCCN(C(=O)CCCCCCCCCCC)[C@@H]1O[C@H](CO)[C@@H](O)[C@H](O)[C@H]1NC(=O)OCc1ccccc1. The van der Waals surface area contributed by atoms with Crippen LogP contribution in [0.1, 0.15) is 148 Å². The Morgan fingerprint density at radius 2 is 1.26 bits per heavy atom. The van der Waals surface area contributed by atoms with E-state index in [0.29, 0.717) is 13.0 Å². The molecule has 0 radical (unpaired) electrons. The van der Waals surface area contributed by atoms with Gasteiger partial charge >= 0.3 is 6.09 Å². The van der Waals surface area contributed by atoms with Crippen molar-refractivity contribution in [2.45, 2.75) is 179 Å². The number of nitrogens with zero attached hydrogens (tertiary/aromatic N) is 1. The molecule has 0 saturated carbocycles. The molecule has 4 N–H and O–H groups in total. The molecule has 0 aromatic heterocycles. The van der Waals surface area contributed by atoms with Crippen molar-refractivity contribution in [1.29, 1.82) is 0 Å². The van der Waals surface area contributed by atoms with Crippen molar-refractivity contribution < 1.29 is 34.4 Å². The minimum atomic E-state index is -1.47. The number of carbonyl (C=O) groups is 2. The zero-order chi connectivity index (χ0) is 34.1. The fraction of sp³-hybridized carbons (Fsp3) is 0.789. The number of ether oxygens (including phenoxy) is 2. The number of hydrogen-bond donors (Lipinski definition) is 4. The van der Waals surface area contributed by atoms with Crippen molar-refractivity contribution >= 4 is 12.0 Å². The number of amides is 2. The van der Waals surface area contributed by atoms with Gasteiger partial charge in [0.15, 0.2) is 6.23 Å². The van der Waals surface area contributed by atoms with Crippen LogP contribution in [0.25, 0.3) is 0 Å². The Balaban J connectivity index is 2.03. The predicted octanol–water partition coefficient (Wildman–Crippen LogP) is 7.39. The molecule has 2 rings (SSSR count). The van der Waals surface area contributed by atoms with Gasteiger partial charge in [0.1, 0.15) is 31.0 Å². The second-order valence-corrected chi connectivity index (χ2v) is 13.3. The average Bonchev–Trinajstić information content (AvgIpc) is 3.08. The van der Waals surface area contributed by atoms with E-state index in [1.165, 1.54) is 77.0 Å². The van der Waals surface area contributed by atoms with Gasteiger partial charge in [-0.15, -0.1) is 0 Å². The van der Waals surface area contributed by atoms with E-state index < -0.39 is 43.3 Å². The third kappa shape index (κ3) is 16.6. The quantitative estimate of drug-likeness (QED) is 0.0762. The van der Waals surface area contributed by atoms with E-state index in [1.54, 1.807) is 4.90 Å². The van der Waals surface area contributed by atoms with Crippen LogP contribution in [0.3, 0.4) is 0 Å². The highest BCUT2D eigenvalue weighted by atomic mass is 16.6. The predicted molar refractivity (Wildman–Crippen MR) is 187 cm³/mol. The molecule has 1 aliphatic heterocycles. The van der Waals surface area contributed by atoms with Gasteiger partial charge in [0.2, 0.25) is 5.91 Å². The summed E-state index contributed by atoms with van der Waals surface area (Å²) in [5, 5.41) is 34.4. The highest BCUT2D eigenvalue weighted by Gasteiger charge is 2.48. The summed E-state index contributed by atoms with van der Waals surface area (Å²) in [5.41, 5.74) is 0.804. The van der Waals surface area contributed by atoms with Gasteiger partial charge in [0, 0.05) is 13.0 Å². The second kappa shape index (κ2) is 25.8. The molecule has 1 aliphatic rings. The van der Waals surface area contributed by atoms with E-state index in [4.69, 9.17) is 9.47 Å². The summed E-state index contributed by atoms with van der Waals surface area (Å²) in [4.78, 5) is 28.3. The highest BCUT2D eigenvalue weighted by Crippen LogP contribution is 2.26. The Kier molecular flexibility index (Phi) is 22.5. The molecule has 1 aromatic rings. The smallest absolute Gasteiger partial charge is 0.407 e. The fourth-order valence-corrected chi connectivity index (χ4v) is 6.32. The third-order valence-corrected chi connectivity index (χ3v) is 9.27. The zero-order valence-electron chi connectivity index (χ0n) is 29.5. The molecular weight excluding hydrogens is 596 g/mol. The molecule has 9 heteroatoms. The van der Waals surface area contributed by atoms with Gasteiger partial charge in [0.05, 0.1) is 6.61 Å². The summed E-state index contributed by atoms with van der Waals surface area (Å²) in [6, 6.07) is 8.11. The Labute approximate surface area is 284 Å². The van der Waals surface area contributed by atoms with Gasteiger partial charge < -0.3 is 35.0 Å². The van der Waals surface area contributed by atoms with Gasteiger partial charge in [-0.2, -0.15) is 0 Å². The van der Waals surface area contributed by atoms with Crippen LogP contribution in [0.2, 0.25) is 0 Å². The normalized spacial score (nSPS) is 21.0. The molecular formula is C38H66N2O7. The van der Waals surface area contributed by atoms with Crippen LogP contribution in [0.15, 0.2) is 30.3 Å². The first kappa shape index (κ1) is 41.0. The lowest BCUT2D eigenvalue weighted by Gasteiger charge is -2.46. The topological polar surface area (TPSA) is 129 Å². The number of nitrogens with one attached hydrogen (secondary N) is 1. The van der Waals surface area contributed by atoms with Crippen LogP contribution in [0.4, 0.5) is 4.79 Å². The van der Waals surface area contributed by atoms with Crippen molar-refractivity contribution in [3.8, 4) is 0 Å². The minimum absolute atomic E-state index is 0.0304.